The zero-order valence-corrected chi connectivity index (χ0v) is 20.4. The van der Waals surface area contributed by atoms with Crippen molar-refractivity contribution < 1.29 is 24.5 Å². The van der Waals surface area contributed by atoms with Gasteiger partial charge in [-0.2, -0.15) is 0 Å². The van der Waals surface area contributed by atoms with Gasteiger partial charge in [-0.25, -0.2) is 0 Å². The van der Waals surface area contributed by atoms with Crippen LogP contribution >= 0.6 is 11.6 Å². The summed E-state index contributed by atoms with van der Waals surface area (Å²) >= 11 is 6.26. The number of carbonyl (C=O) groups is 2. The van der Waals surface area contributed by atoms with Crippen molar-refractivity contribution in [3.63, 3.8) is 0 Å². The van der Waals surface area contributed by atoms with E-state index in [-0.39, 0.29) is 27.7 Å². The fourth-order valence-electron chi connectivity index (χ4n) is 4.84. The molecule has 3 aromatic rings. The lowest BCUT2D eigenvalue weighted by Crippen LogP contribution is -2.29. The molecule has 3 aromatic carbocycles. The first kappa shape index (κ1) is 23.8. The summed E-state index contributed by atoms with van der Waals surface area (Å²) in [4.78, 5) is 30.3. The molecule has 2 aliphatic heterocycles. The summed E-state index contributed by atoms with van der Waals surface area (Å²) in [5.41, 5.74) is 2.38. The summed E-state index contributed by atoms with van der Waals surface area (Å²) in [6.45, 7) is 1.98. The molecule has 2 saturated heterocycles. The van der Waals surface area contributed by atoms with E-state index in [0.717, 1.165) is 31.6 Å². The number of hydrogen-bond donors (Lipinski definition) is 2. The van der Waals surface area contributed by atoms with E-state index in [1.807, 2.05) is 24.3 Å². The lowest BCUT2D eigenvalue weighted by Gasteiger charge is -2.26. The average molecular weight is 505 g/mol. The van der Waals surface area contributed by atoms with Gasteiger partial charge >= 0.3 is 0 Å². The fraction of sp³-hybridized carbons (Fsp3) is 0.214. The molecule has 0 bridgehead atoms. The maximum Gasteiger partial charge on any atom is 0.300 e. The van der Waals surface area contributed by atoms with Gasteiger partial charge in [-0.05, 0) is 73.0 Å². The highest BCUT2D eigenvalue weighted by Gasteiger charge is 2.47. The van der Waals surface area contributed by atoms with Crippen molar-refractivity contribution in [2.24, 2.45) is 0 Å². The molecule has 8 heteroatoms. The van der Waals surface area contributed by atoms with E-state index in [9.17, 15) is 19.8 Å². The highest BCUT2D eigenvalue weighted by atomic mass is 35.5. The molecular weight excluding hydrogens is 480 g/mol. The monoisotopic (exact) mass is 504 g/mol. The van der Waals surface area contributed by atoms with E-state index in [4.69, 9.17) is 16.3 Å². The molecule has 0 saturated carbocycles. The highest BCUT2D eigenvalue weighted by Crippen LogP contribution is 2.43. The number of ether oxygens (including phenoxy) is 1. The first-order valence-electron chi connectivity index (χ1n) is 11.7. The average Bonchev–Trinajstić information content (AvgIpc) is 3.51. The summed E-state index contributed by atoms with van der Waals surface area (Å²) in [6.07, 6.45) is 2.29. The van der Waals surface area contributed by atoms with Crippen molar-refractivity contribution >= 4 is 40.4 Å². The number of anilines is 2. The van der Waals surface area contributed by atoms with Crippen molar-refractivity contribution in [3.05, 3.63) is 88.5 Å². The molecule has 2 fully saturated rings. The van der Waals surface area contributed by atoms with E-state index >= 15 is 0 Å². The number of aliphatic hydroxyl groups is 1. The highest BCUT2D eigenvalue weighted by molar-refractivity contribution is 6.51. The number of nitrogens with zero attached hydrogens (tertiary/aromatic N) is 2. The Bertz CT molecular complexity index is 1350. The van der Waals surface area contributed by atoms with Crippen LogP contribution in [0.4, 0.5) is 11.4 Å². The van der Waals surface area contributed by atoms with Crippen LogP contribution in [0, 0.1) is 0 Å². The van der Waals surface area contributed by atoms with Crippen molar-refractivity contribution in [2.75, 3.05) is 30.0 Å². The van der Waals surface area contributed by atoms with Crippen molar-refractivity contribution in [1.82, 2.24) is 0 Å². The molecular formula is C28H25ClN2O5. The molecule has 1 atom stereocenters. The molecule has 0 aliphatic carbocycles. The Hall–Kier alpha value is -3.97. The van der Waals surface area contributed by atoms with Crippen LogP contribution in [-0.4, -0.2) is 42.1 Å². The Morgan fingerprint density at radius 2 is 1.58 bits per heavy atom. The molecule has 0 aromatic heterocycles. The van der Waals surface area contributed by atoms with Crippen LogP contribution < -0.4 is 14.5 Å². The summed E-state index contributed by atoms with van der Waals surface area (Å²) in [6, 6.07) is 17.5. The Morgan fingerprint density at radius 1 is 0.944 bits per heavy atom. The smallest absolute Gasteiger partial charge is 0.300 e. The van der Waals surface area contributed by atoms with Gasteiger partial charge in [0.1, 0.15) is 17.3 Å². The number of carbonyl (C=O) groups excluding carboxylic acids is 2. The second kappa shape index (κ2) is 9.59. The van der Waals surface area contributed by atoms with Gasteiger partial charge in [0, 0.05) is 30.0 Å². The lowest BCUT2D eigenvalue weighted by molar-refractivity contribution is -0.132. The molecule has 2 heterocycles. The molecule has 7 nitrogen and oxygen atoms in total. The van der Waals surface area contributed by atoms with Crippen LogP contribution in [0.25, 0.3) is 5.76 Å². The standard InChI is InChI=1S/C28H25ClN2O5/c1-36-23-13-6-18(16-22(23)29)26(33)24-25(17-4-11-21(32)12-5-17)31(28(35)27(24)34)20-9-7-19(8-10-20)30-14-2-3-15-30/h4-13,16,25,32-33H,2-3,14-15H2,1H3/b26-24-. The minimum Gasteiger partial charge on any atom is -0.508 e. The zero-order valence-electron chi connectivity index (χ0n) is 19.6. The number of halogens is 1. The minimum absolute atomic E-state index is 0.0487. The predicted molar refractivity (Wildman–Crippen MR) is 139 cm³/mol. The molecule has 1 unspecified atom stereocenters. The molecule has 2 aliphatic rings. The molecule has 36 heavy (non-hydrogen) atoms. The fourth-order valence-corrected chi connectivity index (χ4v) is 5.10. The summed E-state index contributed by atoms with van der Waals surface area (Å²) < 4.78 is 5.18. The number of aliphatic hydroxyl groups excluding tert-OH is 1. The van der Waals surface area contributed by atoms with Gasteiger partial charge in [0.25, 0.3) is 11.7 Å². The van der Waals surface area contributed by atoms with E-state index in [1.54, 1.807) is 24.3 Å². The van der Waals surface area contributed by atoms with Gasteiger partial charge < -0.3 is 19.8 Å². The molecule has 5 rings (SSSR count). The largest absolute Gasteiger partial charge is 0.508 e. The topological polar surface area (TPSA) is 90.3 Å². The third-order valence-electron chi connectivity index (χ3n) is 6.68. The zero-order chi connectivity index (χ0) is 25.4. The number of phenols is 1. The Labute approximate surface area is 213 Å². The lowest BCUT2D eigenvalue weighted by atomic mass is 9.95. The van der Waals surface area contributed by atoms with Gasteiger partial charge in [0.05, 0.1) is 23.7 Å². The van der Waals surface area contributed by atoms with E-state index in [0.29, 0.717) is 17.0 Å². The number of benzene rings is 3. The molecule has 2 N–H and O–H groups in total. The second-order valence-electron chi connectivity index (χ2n) is 8.82. The maximum atomic E-state index is 13.3. The minimum atomic E-state index is -0.899. The SMILES string of the molecule is COc1ccc(/C(O)=C2/C(=O)C(=O)N(c3ccc(N4CCCC4)cc3)C2c2ccc(O)cc2)cc1Cl. The number of hydrogen-bond acceptors (Lipinski definition) is 6. The number of ketones is 1. The number of methoxy groups -OCH3 is 1. The molecule has 1 amide bonds. The van der Waals surface area contributed by atoms with Crippen LogP contribution in [0.1, 0.15) is 30.0 Å². The molecule has 0 spiro atoms. The third-order valence-corrected chi connectivity index (χ3v) is 6.97. The normalized spacial score (nSPS) is 19.2. The second-order valence-corrected chi connectivity index (χ2v) is 9.23. The van der Waals surface area contributed by atoms with Crippen LogP contribution in [-0.2, 0) is 9.59 Å². The molecule has 184 valence electrons. The van der Waals surface area contributed by atoms with Crippen molar-refractivity contribution in [1.29, 1.82) is 0 Å². The van der Waals surface area contributed by atoms with Gasteiger partial charge in [0.2, 0.25) is 0 Å². The quantitative estimate of drug-likeness (QED) is 0.279. The van der Waals surface area contributed by atoms with Gasteiger partial charge in [-0.1, -0.05) is 23.7 Å². The first-order valence-corrected chi connectivity index (χ1v) is 12.1. The number of amides is 1. The summed E-state index contributed by atoms with van der Waals surface area (Å²) in [7, 11) is 1.48. The van der Waals surface area contributed by atoms with Crippen molar-refractivity contribution in [2.45, 2.75) is 18.9 Å². The first-order chi connectivity index (χ1) is 17.4. The Morgan fingerprint density at radius 3 is 2.19 bits per heavy atom. The van der Waals surface area contributed by atoms with E-state index < -0.39 is 17.7 Å². The van der Waals surface area contributed by atoms with Gasteiger partial charge in [-0.3, -0.25) is 14.5 Å². The van der Waals surface area contributed by atoms with Crippen LogP contribution in [0.2, 0.25) is 5.02 Å². The predicted octanol–water partition coefficient (Wildman–Crippen LogP) is 5.28. The summed E-state index contributed by atoms with van der Waals surface area (Å²) in [5, 5.41) is 21.3. The van der Waals surface area contributed by atoms with Crippen LogP contribution in [0.15, 0.2) is 72.3 Å². The summed E-state index contributed by atoms with van der Waals surface area (Å²) in [5.74, 6) is -1.43. The van der Waals surface area contributed by atoms with E-state index in [1.165, 1.54) is 30.2 Å². The number of phenolic OH excluding ortho intramolecular Hbond substituents is 1. The third kappa shape index (κ3) is 4.16. The van der Waals surface area contributed by atoms with Crippen LogP contribution in [0.5, 0.6) is 11.5 Å². The van der Waals surface area contributed by atoms with Crippen molar-refractivity contribution in [3.8, 4) is 11.5 Å². The molecule has 0 radical (unpaired) electrons. The Balaban J connectivity index is 1.62. The number of aromatic hydroxyl groups is 1. The van der Waals surface area contributed by atoms with Gasteiger partial charge in [0.15, 0.2) is 0 Å². The maximum absolute atomic E-state index is 13.3. The number of rotatable bonds is 5. The van der Waals surface area contributed by atoms with Crippen LogP contribution in [0.3, 0.4) is 0 Å². The van der Waals surface area contributed by atoms with Gasteiger partial charge in [-0.15, -0.1) is 0 Å². The Kier molecular flexibility index (Phi) is 6.33. The number of Topliss-reactive ketones (excluding diaryl/α,β-unsaturated/α-hetero) is 1. The van der Waals surface area contributed by atoms with E-state index in [2.05, 4.69) is 4.90 Å².